The van der Waals surface area contributed by atoms with Crippen molar-refractivity contribution in [3.63, 3.8) is 0 Å². The van der Waals surface area contributed by atoms with Crippen molar-refractivity contribution in [1.29, 1.82) is 0 Å². The molecule has 0 aromatic heterocycles. The number of benzene rings is 2. The van der Waals surface area contributed by atoms with Crippen molar-refractivity contribution in [3.8, 4) is 11.1 Å². The number of carbonyl (C=O) groups excluding carboxylic acids is 1. The van der Waals surface area contributed by atoms with Crippen molar-refractivity contribution < 1.29 is 9.53 Å². The molecule has 0 heterocycles. The Labute approximate surface area is 115 Å². The standard InChI is InChI=1S/C15H13BrO2/c1-18-10-15(17)13-4-2-11(3-5-13)12-6-8-14(16)9-7-12/h2-9H,10H2,1H3. The second-order valence-corrected chi connectivity index (χ2v) is 4.86. The molecule has 0 unspecified atom stereocenters. The maximum atomic E-state index is 11.6. The van der Waals surface area contributed by atoms with Gasteiger partial charge in [0.05, 0.1) is 0 Å². The summed E-state index contributed by atoms with van der Waals surface area (Å²) in [4.78, 5) is 11.6. The summed E-state index contributed by atoms with van der Waals surface area (Å²) in [6, 6.07) is 15.6. The number of hydrogen-bond donors (Lipinski definition) is 0. The van der Waals surface area contributed by atoms with Gasteiger partial charge in [-0.25, -0.2) is 0 Å². The zero-order valence-electron chi connectivity index (χ0n) is 10.0. The fourth-order valence-electron chi connectivity index (χ4n) is 1.71. The Morgan fingerprint density at radius 3 is 2.00 bits per heavy atom. The second kappa shape index (κ2) is 5.94. The van der Waals surface area contributed by atoms with E-state index in [0.29, 0.717) is 5.56 Å². The molecule has 0 saturated carbocycles. The van der Waals surface area contributed by atoms with Gasteiger partial charge in [0.2, 0.25) is 0 Å². The normalized spacial score (nSPS) is 10.3. The third kappa shape index (κ3) is 3.06. The van der Waals surface area contributed by atoms with Gasteiger partial charge >= 0.3 is 0 Å². The lowest BCUT2D eigenvalue weighted by atomic mass is 10.0. The van der Waals surface area contributed by atoms with Crippen LogP contribution in [0.1, 0.15) is 10.4 Å². The molecule has 0 bridgehead atoms. The van der Waals surface area contributed by atoms with Crippen LogP contribution in [0.2, 0.25) is 0 Å². The monoisotopic (exact) mass is 304 g/mol. The Balaban J connectivity index is 2.22. The molecule has 2 rings (SSSR count). The van der Waals surface area contributed by atoms with Gasteiger partial charge in [-0.2, -0.15) is 0 Å². The van der Waals surface area contributed by atoms with E-state index >= 15 is 0 Å². The van der Waals surface area contributed by atoms with Crippen molar-refractivity contribution in [1.82, 2.24) is 0 Å². The van der Waals surface area contributed by atoms with Gasteiger partial charge in [-0.15, -0.1) is 0 Å². The van der Waals surface area contributed by atoms with Crippen LogP contribution in [0.4, 0.5) is 0 Å². The fraction of sp³-hybridized carbons (Fsp3) is 0.133. The summed E-state index contributed by atoms with van der Waals surface area (Å²) in [5.74, 6) is -0.000133. The van der Waals surface area contributed by atoms with E-state index in [-0.39, 0.29) is 12.4 Å². The highest BCUT2D eigenvalue weighted by molar-refractivity contribution is 9.10. The molecule has 18 heavy (non-hydrogen) atoms. The smallest absolute Gasteiger partial charge is 0.188 e. The summed E-state index contributed by atoms with van der Waals surface area (Å²) < 4.78 is 5.89. The Bertz CT molecular complexity index is 529. The van der Waals surface area contributed by atoms with Crippen LogP contribution in [0.25, 0.3) is 11.1 Å². The number of methoxy groups -OCH3 is 1. The van der Waals surface area contributed by atoms with E-state index in [9.17, 15) is 4.79 Å². The first-order chi connectivity index (χ1) is 8.70. The number of ether oxygens (including phenoxy) is 1. The summed E-state index contributed by atoms with van der Waals surface area (Å²) in [6.07, 6.45) is 0. The zero-order valence-corrected chi connectivity index (χ0v) is 11.6. The lowest BCUT2D eigenvalue weighted by Crippen LogP contribution is -2.06. The summed E-state index contributed by atoms with van der Waals surface area (Å²) in [5.41, 5.74) is 2.90. The van der Waals surface area contributed by atoms with Crippen LogP contribution < -0.4 is 0 Å². The SMILES string of the molecule is COCC(=O)c1ccc(-c2ccc(Br)cc2)cc1. The third-order valence-corrected chi connectivity index (χ3v) is 3.19. The Hall–Kier alpha value is -1.45. The minimum atomic E-state index is -0.000133. The van der Waals surface area contributed by atoms with Crippen molar-refractivity contribution in [2.24, 2.45) is 0 Å². The molecule has 2 nitrogen and oxygen atoms in total. The van der Waals surface area contributed by atoms with E-state index in [2.05, 4.69) is 15.9 Å². The molecule has 0 atom stereocenters. The first-order valence-electron chi connectivity index (χ1n) is 5.59. The average Bonchev–Trinajstić information content (AvgIpc) is 2.40. The highest BCUT2D eigenvalue weighted by atomic mass is 79.9. The lowest BCUT2D eigenvalue weighted by molar-refractivity contribution is 0.0848. The molecule has 0 fully saturated rings. The molecule has 0 N–H and O–H groups in total. The van der Waals surface area contributed by atoms with Gasteiger partial charge in [-0.05, 0) is 23.3 Å². The Morgan fingerprint density at radius 1 is 1.00 bits per heavy atom. The quantitative estimate of drug-likeness (QED) is 0.800. The molecule has 0 aliphatic carbocycles. The zero-order chi connectivity index (χ0) is 13.0. The number of rotatable bonds is 4. The summed E-state index contributed by atoms with van der Waals surface area (Å²) in [5, 5.41) is 0. The summed E-state index contributed by atoms with van der Waals surface area (Å²) >= 11 is 3.41. The largest absolute Gasteiger partial charge is 0.377 e. The van der Waals surface area contributed by atoms with E-state index in [1.807, 2.05) is 48.5 Å². The highest BCUT2D eigenvalue weighted by Crippen LogP contribution is 2.22. The van der Waals surface area contributed by atoms with Crippen LogP contribution in [-0.4, -0.2) is 19.5 Å². The molecule has 92 valence electrons. The predicted molar refractivity (Wildman–Crippen MR) is 75.8 cm³/mol. The topological polar surface area (TPSA) is 26.3 Å². The van der Waals surface area contributed by atoms with Crippen molar-refractivity contribution in [2.45, 2.75) is 0 Å². The first kappa shape index (κ1) is 13.0. The molecule has 0 amide bonds. The summed E-state index contributed by atoms with van der Waals surface area (Å²) in [6.45, 7) is 0.123. The van der Waals surface area contributed by atoms with E-state index in [0.717, 1.165) is 15.6 Å². The van der Waals surface area contributed by atoms with E-state index in [1.165, 1.54) is 7.11 Å². The minimum Gasteiger partial charge on any atom is -0.377 e. The first-order valence-corrected chi connectivity index (χ1v) is 6.38. The fourth-order valence-corrected chi connectivity index (χ4v) is 1.97. The third-order valence-electron chi connectivity index (χ3n) is 2.66. The van der Waals surface area contributed by atoms with Crippen LogP contribution in [0.3, 0.4) is 0 Å². The number of ketones is 1. The summed E-state index contributed by atoms with van der Waals surface area (Å²) in [7, 11) is 1.52. The van der Waals surface area contributed by atoms with Crippen molar-refractivity contribution >= 4 is 21.7 Å². The van der Waals surface area contributed by atoms with Gasteiger partial charge in [0, 0.05) is 17.1 Å². The van der Waals surface area contributed by atoms with Crippen LogP contribution in [0, 0.1) is 0 Å². The number of Topliss-reactive ketones (excluding diaryl/α,β-unsaturated/α-hetero) is 1. The van der Waals surface area contributed by atoms with Gasteiger partial charge in [0.15, 0.2) is 5.78 Å². The molecule has 0 spiro atoms. The van der Waals surface area contributed by atoms with Gasteiger partial charge in [-0.1, -0.05) is 52.3 Å². The van der Waals surface area contributed by atoms with Crippen LogP contribution >= 0.6 is 15.9 Å². The molecule has 2 aromatic carbocycles. The lowest BCUT2D eigenvalue weighted by Gasteiger charge is -2.04. The molecular formula is C15H13BrO2. The predicted octanol–water partition coefficient (Wildman–Crippen LogP) is 3.95. The van der Waals surface area contributed by atoms with Crippen LogP contribution in [0.15, 0.2) is 53.0 Å². The molecule has 0 saturated heterocycles. The van der Waals surface area contributed by atoms with Gasteiger partial charge in [-0.3, -0.25) is 4.79 Å². The van der Waals surface area contributed by atoms with Gasteiger partial charge in [0.25, 0.3) is 0 Å². The Morgan fingerprint density at radius 2 is 1.50 bits per heavy atom. The molecule has 0 aliphatic rings. The van der Waals surface area contributed by atoms with E-state index < -0.39 is 0 Å². The van der Waals surface area contributed by atoms with Gasteiger partial charge < -0.3 is 4.74 Å². The van der Waals surface area contributed by atoms with Crippen molar-refractivity contribution in [2.75, 3.05) is 13.7 Å². The number of hydrogen-bond acceptors (Lipinski definition) is 2. The highest BCUT2D eigenvalue weighted by Gasteiger charge is 2.05. The average molecular weight is 305 g/mol. The maximum absolute atomic E-state index is 11.6. The Kier molecular flexibility index (Phi) is 4.28. The number of halogens is 1. The second-order valence-electron chi connectivity index (χ2n) is 3.94. The molecule has 0 radical (unpaired) electrons. The minimum absolute atomic E-state index is 0.000133. The van der Waals surface area contributed by atoms with E-state index in [4.69, 9.17) is 4.74 Å². The molecular weight excluding hydrogens is 292 g/mol. The van der Waals surface area contributed by atoms with Crippen LogP contribution in [-0.2, 0) is 4.74 Å². The van der Waals surface area contributed by atoms with Gasteiger partial charge in [0.1, 0.15) is 6.61 Å². The molecule has 2 aromatic rings. The van der Waals surface area contributed by atoms with Crippen LogP contribution in [0.5, 0.6) is 0 Å². The van der Waals surface area contributed by atoms with Crippen molar-refractivity contribution in [3.05, 3.63) is 58.6 Å². The number of carbonyl (C=O) groups is 1. The maximum Gasteiger partial charge on any atom is 0.188 e. The van der Waals surface area contributed by atoms with E-state index in [1.54, 1.807) is 0 Å². The molecule has 3 heteroatoms. The molecule has 0 aliphatic heterocycles.